The van der Waals surface area contributed by atoms with Crippen molar-refractivity contribution in [3.8, 4) is 0 Å². The molecule has 0 saturated heterocycles. The van der Waals surface area contributed by atoms with E-state index < -0.39 is 0 Å². The second-order valence-electron chi connectivity index (χ2n) is 6.26. The highest BCUT2D eigenvalue weighted by Gasteiger charge is 2.43. The van der Waals surface area contributed by atoms with Gasteiger partial charge in [0.2, 0.25) is 0 Å². The van der Waals surface area contributed by atoms with Gasteiger partial charge < -0.3 is 10.1 Å². The van der Waals surface area contributed by atoms with Crippen LogP contribution in [0.3, 0.4) is 0 Å². The summed E-state index contributed by atoms with van der Waals surface area (Å²) < 4.78 is 6.34. The van der Waals surface area contributed by atoms with Crippen molar-refractivity contribution in [2.45, 2.75) is 64.5 Å². The van der Waals surface area contributed by atoms with Gasteiger partial charge >= 0.3 is 0 Å². The predicted molar refractivity (Wildman–Crippen MR) is 85.1 cm³/mol. The third kappa shape index (κ3) is 4.01. The van der Waals surface area contributed by atoms with Crippen molar-refractivity contribution in [1.82, 2.24) is 15.3 Å². The molecule has 0 radical (unpaired) electrons. The SMILES string of the molecule is CCCNC(c1cncnc1)C1(OCC)CCCC(C)C1. The van der Waals surface area contributed by atoms with E-state index in [4.69, 9.17) is 4.74 Å². The number of rotatable bonds is 7. The topological polar surface area (TPSA) is 47.0 Å². The lowest BCUT2D eigenvalue weighted by atomic mass is 9.73. The number of hydrogen-bond donors (Lipinski definition) is 1. The molecule has 0 spiro atoms. The molecule has 118 valence electrons. The van der Waals surface area contributed by atoms with Gasteiger partial charge in [0.25, 0.3) is 0 Å². The van der Waals surface area contributed by atoms with Crippen LogP contribution in [0.25, 0.3) is 0 Å². The zero-order chi connectivity index (χ0) is 15.1. The predicted octanol–water partition coefficient (Wildman–Crippen LogP) is 3.50. The van der Waals surface area contributed by atoms with E-state index in [1.54, 1.807) is 6.33 Å². The van der Waals surface area contributed by atoms with Gasteiger partial charge in [0, 0.05) is 24.6 Å². The Morgan fingerprint density at radius 2 is 2.14 bits per heavy atom. The molecule has 1 aromatic rings. The summed E-state index contributed by atoms with van der Waals surface area (Å²) in [5.41, 5.74) is 1.03. The second-order valence-corrected chi connectivity index (χ2v) is 6.26. The number of nitrogens with zero attached hydrogens (tertiary/aromatic N) is 2. The van der Waals surface area contributed by atoms with Crippen LogP contribution in [0.15, 0.2) is 18.7 Å². The summed E-state index contributed by atoms with van der Waals surface area (Å²) in [5, 5.41) is 3.70. The fourth-order valence-electron chi connectivity index (χ4n) is 3.66. The number of aromatic nitrogens is 2. The Morgan fingerprint density at radius 3 is 2.76 bits per heavy atom. The van der Waals surface area contributed by atoms with Crippen molar-refractivity contribution in [3.05, 3.63) is 24.3 Å². The lowest BCUT2D eigenvalue weighted by molar-refractivity contribution is -0.102. The minimum Gasteiger partial charge on any atom is -0.373 e. The van der Waals surface area contributed by atoms with Crippen LogP contribution in [0.4, 0.5) is 0 Å². The maximum Gasteiger partial charge on any atom is 0.115 e. The maximum atomic E-state index is 6.34. The Kier molecular flexibility index (Phi) is 6.12. The monoisotopic (exact) mass is 291 g/mol. The maximum absolute atomic E-state index is 6.34. The molecule has 3 atom stereocenters. The molecule has 0 aromatic carbocycles. The van der Waals surface area contributed by atoms with Crippen molar-refractivity contribution in [3.63, 3.8) is 0 Å². The average molecular weight is 291 g/mol. The van der Waals surface area contributed by atoms with Crippen LogP contribution >= 0.6 is 0 Å². The Bertz CT molecular complexity index is 408. The van der Waals surface area contributed by atoms with Crippen molar-refractivity contribution in [1.29, 1.82) is 0 Å². The molecule has 0 bridgehead atoms. The van der Waals surface area contributed by atoms with E-state index >= 15 is 0 Å². The molecule has 0 amide bonds. The van der Waals surface area contributed by atoms with Crippen LogP contribution in [0.1, 0.15) is 64.5 Å². The van der Waals surface area contributed by atoms with E-state index in [1.807, 2.05) is 12.4 Å². The zero-order valence-corrected chi connectivity index (χ0v) is 13.6. The van der Waals surface area contributed by atoms with Crippen LogP contribution in [0.2, 0.25) is 0 Å². The summed E-state index contributed by atoms with van der Waals surface area (Å²) in [6, 6.07) is 0.182. The zero-order valence-electron chi connectivity index (χ0n) is 13.6. The van der Waals surface area contributed by atoms with E-state index in [1.165, 1.54) is 12.8 Å². The summed E-state index contributed by atoms with van der Waals surface area (Å²) >= 11 is 0. The fourth-order valence-corrected chi connectivity index (χ4v) is 3.66. The summed E-state index contributed by atoms with van der Waals surface area (Å²) in [6.45, 7) is 8.38. The highest BCUT2D eigenvalue weighted by Crippen LogP contribution is 2.43. The highest BCUT2D eigenvalue weighted by molar-refractivity contribution is 5.16. The summed E-state index contributed by atoms with van der Waals surface area (Å²) in [4.78, 5) is 8.42. The average Bonchev–Trinajstić information content (AvgIpc) is 2.49. The van der Waals surface area contributed by atoms with E-state index in [-0.39, 0.29) is 11.6 Å². The first-order chi connectivity index (χ1) is 10.2. The van der Waals surface area contributed by atoms with Gasteiger partial charge in [-0.15, -0.1) is 0 Å². The van der Waals surface area contributed by atoms with Gasteiger partial charge in [0.15, 0.2) is 0 Å². The van der Waals surface area contributed by atoms with Crippen molar-refractivity contribution >= 4 is 0 Å². The Labute approximate surface area is 128 Å². The van der Waals surface area contributed by atoms with Gasteiger partial charge in [-0.05, 0) is 38.6 Å². The van der Waals surface area contributed by atoms with Crippen molar-refractivity contribution in [2.75, 3.05) is 13.2 Å². The third-order valence-corrected chi connectivity index (χ3v) is 4.46. The van der Waals surface area contributed by atoms with Crippen LogP contribution in [0.5, 0.6) is 0 Å². The molecule has 1 saturated carbocycles. The fraction of sp³-hybridized carbons (Fsp3) is 0.765. The van der Waals surface area contributed by atoms with Crippen molar-refractivity contribution in [2.24, 2.45) is 5.92 Å². The molecule has 0 aliphatic heterocycles. The van der Waals surface area contributed by atoms with E-state index in [0.717, 1.165) is 38.0 Å². The quantitative estimate of drug-likeness (QED) is 0.835. The van der Waals surface area contributed by atoms with Gasteiger partial charge in [0.05, 0.1) is 11.6 Å². The molecule has 1 N–H and O–H groups in total. The standard InChI is InChI=1S/C17H29N3O/c1-4-9-20-16(15-11-18-13-19-12-15)17(21-5-2)8-6-7-14(3)10-17/h11-14,16,20H,4-10H2,1-3H3. The van der Waals surface area contributed by atoms with Crippen LogP contribution < -0.4 is 5.32 Å². The largest absolute Gasteiger partial charge is 0.373 e. The molecule has 1 aliphatic carbocycles. The summed E-state index contributed by atoms with van der Waals surface area (Å²) in [6.07, 6.45) is 11.3. The number of nitrogens with one attached hydrogen (secondary N) is 1. The minimum absolute atomic E-state index is 0.119. The molecular weight excluding hydrogens is 262 g/mol. The molecule has 4 heteroatoms. The van der Waals surface area contributed by atoms with Gasteiger partial charge in [-0.25, -0.2) is 9.97 Å². The molecule has 1 heterocycles. The molecule has 1 aromatic heterocycles. The van der Waals surface area contributed by atoms with Gasteiger partial charge in [-0.3, -0.25) is 0 Å². The molecular formula is C17H29N3O. The Balaban J connectivity index is 2.30. The molecule has 1 fully saturated rings. The molecule has 21 heavy (non-hydrogen) atoms. The number of hydrogen-bond acceptors (Lipinski definition) is 4. The van der Waals surface area contributed by atoms with Crippen LogP contribution in [-0.4, -0.2) is 28.7 Å². The lowest BCUT2D eigenvalue weighted by Gasteiger charge is -2.45. The summed E-state index contributed by atoms with van der Waals surface area (Å²) in [7, 11) is 0. The van der Waals surface area contributed by atoms with E-state index in [9.17, 15) is 0 Å². The first-order valence-electron chi connectivity index (χ1n) is 8.34. The normalized spacial score (nSPS) is 27.5. The van der Waals surface area contributed by atoms with E-state index in [2.05, 4.69) is 36.1 Å². The van der Waals surface area contributed by atoms with Gasteiger partial charge in [-0.1, -0.05) is 26.7 Å². The Morgan fingerprint density at radius 1 is 1.38 bits per heavy atom. The molecule has 3 unspecified atom stereocenters. The second kappa shape index (κ2) is 7.85. The molecule has 4 nitrogen and oxygen atoms in total. The smallest absolute Gasteiger partial charge is 0.115 e. The lowest BCUT2D eigenvalue weighted by Crippen LogP contribution is -2.49. The van der Waals surface area contributed by atoms with E-state index in [0.29, 0.717) is 5.92 Å². The van der Waals surface area contributed by atoms with Crippen LogP contribution in [-0.2, 0) is 4.74 Å². The van der Waals surface area contributed by atoms with Crippen LogP contribution in [0, 0.1) is 5.92 Å². The molecule has 2 rings (SSSR count). The first-order valence-corrected chi connectivity index (χ1v) is 8.34. The highest BCUT2D eigenvalue weighted by atomic mass is 16.5. The first kappa shape index (κ1) is 16.4. The summed E-state index contributed by atoms with van der Waals surface area (Å²) in [5.74, 6) is 0.709. The van der Waals surface area contributed by atoms with Gasteiger partial charge in [-0.2, -0.15) is 0 Å². The third-order valence-electron chi connectivity index (χ3n) is 4.46. The van der Waals surface area contributed by atoms with Crippen molar-refractivity contribution < 1.29 is 4.74 Å². The Hall–Kier alpha value is -1.00. The minimum atomic E-state index is -0.119. The number of ether oxygens (including phenoxy) is 1. The van der Waals surface area contributed by atoms with Gasteiger partial charge in [0.1, 0.15) is 6.33 Å². The molecule has 1 aliphatic rings.